The lowest BCUT2D eigenvalue weighted by Gasteiger charge is -2.30. The minimum atomic E-state index is -1.22. The lowest BCUT2D eigenvalue weighted by molar-refractivity contribution is -0.130. The first kappa shape index (κ1) is 35.7. The molecule has 4 amide bonds. The molecule has 2 atom stereocenters. The number of anilines is 2. The summed E-state index contributed by atoms with van der Waals surface area (Å²) in [6, 6.07) is 13.4. The average Bonchev–Trinajstić information content (AvgIpc) is 3.17. The first-order valence-electron chi connectivity index (χ1n) is 15.6. The van der Waals surface area contributed by atoms with Crippen molar-refractivity contribution in [2.75, 3.05) is 44.2 Å². The molecule has 3 N–H and O–H groups in total. The van der Waals surface area contributed by atoms with Crippen LogP contribution in [0.2, 0.25) is 0 Å². The smallest absolute Gasteiger partial charge is 0.410 e. The van der Waals surface area contributed by atoms with Crippen LogP contribution in [0.25, 0.3) is 10.8 Å². The highest BCUT2D eigenvalue weighted by Gasteiger charge is 2.38. The molecule has 1 aliphatic heterocycles. The number of nitrogens with two attached hydrogens (primary N) is 1. The molecule has 13 nitrogen and oxygen atoms in total. The van der Waals surface area contributed by atoms with Crippen molar-refractivity contribution in [1.29, 1.82) is 0 Å². The van der Waals surface area contributed by atoms with Gasteiger partial charge < -0.3 is 35.1 Å². The van der Waals surface area contributed by atoms with E-state index in [1.807, 2.05) is 6.07 Å². The quantitative estimate of drug-likeness (QED) is 0.327. The van der Waals surface area contributed by atoms with Gasteiger partial charge in [-0.1, -0.05) is 24.3 Å². The number of carbonyl (C=O) groups is 5. The molecule has 256 valence electrons. The third kappa shape index (κ3) is 7.52. The van der Waals surface area contributed by atoms with E-state index >= 15 is 0 Å². The number of likely N-dealkylation sites (N-methyl/N-ethyl adjacent to an activating group) is 1. The fourth-order valence-electron chi connectivity index (χ4n) is 5.51. The van der Waals surface area contributed by atoms with Crippen LogP contribution in [0.1, 0.15) is 50.0 Å². The van der Waals surface area contributed by atoms with E-state index in [-0.39, 0.29) is 32.0 Å². The molecular weight excluding hydrogens is 618 g/mol. The van der Waals surface area contributed by atoms with Crippen LogP contribution in [-0.4, -0.2) is 86.7 Å². The summed E-state index contributed by atoms with van der Waals surface area (Å²) in [4.78, 5) is 71.1. The molecule has 0 fully saturated rings. The van der Waals surface area contributed by atoms with Crippen molar-refractivity contribution in [3.05, 3.63) is 65.7 Å². The number of carbonyl (C=O) groups excluding carboxylic acids is 5. The summed E-state index contributed by atoms with van der Waals surface area (Å²) < 4.78 is 16.1. The maximum absolute atomic E-state index is 14.6. The number of hydrogen-bond acceptors (Lipinski definition) is 9. The highest BCUT2D eigenvalue weighted by molar-refractivity contribution is 6.09. The van der Waals surface area contributed by atoms with Gasteiger partial charge in [0.15, 0.2) is 0 Å². The van der Waals surface area contributed by atoms with E-state index in [1.54, 1.807) is 69.3 Å². The molecule has 0 aliphatic carbocycles. The summed E-state index contributed by atoms with van der Waals surface area (Å²) in [5, 5.41) is 4.03. The standard InChI is InChI=1S/C35H43N5O8/c1-21(38(5)34(45)48-35(2,3)4)31(42)37-26-20-39(30(41)17-18-36)27-13-8-9-14-28(27)40(32(26)43)19-25-22-11-10-12-24(33(44)47-7)23(22)15-16-29(25)46-6/h8-16,21,26H,17-20,36H2,1-7H3,(H,37,42). The monoisotopic (exact) mass is 661 g/mol. The fourth-order valence-corrected chi connectivity index (χ4v) is 5.51. The van der Waals surface area contributed by atoms with Crippen molar-refractivity contribution < 1.29 is 38.2 Å². The summed E-state index contributed by atoms with van der Waals surface area (Å²) >= 11 is 0. The van der Waals surface area contributed by atoms with E-state index in [2.05, 4.69) is 5.32 Å². The minimum Gasteiger partial charge on any atom is -0.496 e. The Kier molecular flexibility index (Phi) is 10.9. The Morgan fingerprint density at radius 2 is 1.69 bits per heavy atom. The van der Waals surface area contributed by atoms with Crippen LogP contribution in [0.4, 0.5) is 16.2 Å². The predicted molar refractivity (Wildman–Crippen MR) is 181 cm³/mol. The number of rotatable bonds is 9. The van der Waals surface area contributed by atoms with Crippen LogP contribution in [-0.2, 0) is 30.4 Å². The van der Waals surface area contributed by atoms with Crippen LogP contribution < -0.4 is 25.6 Å². The fraction of sp³-hybridized carbons (Fsp3) is 0.400. The van der Waals surface area contributed by atoms with Crippen molar-refractivity contribution in [3.63, 3.8) is 0 Å². The van der Waals surface area contributed by atoms with Crippen LogP contribution in [0.15, 0.2) is 54.6 Å². The van der Waals surface area contributed by atoms with Gasteiger partial charge in [0.1, 0.15) is 23.4 Å². The normalized spacial score (nSPS) is 15.2. The van der Waals surface area contributed by atoms with E-state index in [0.717, 1.165) is 4.90 Å². The second-order valence-electron chi connectivity index (χ2n) is 12.4. The molecule has 4 rings (SSSR count). The Morgan fingerprint density at radius 3 is 2.31 bits per heavy atom. The highest BCUT2D eigenvalue weighted by atomic mass is 16.6. The Bertz CT molecular complexity index is 1720. The van der Waals surface area contributed by atoms with Crippen LogP contribution in [0, 0.1) is 0 Å². The minimum absolute atomic E-state index is 0.00836. The first-order chi connectivity index (χ1) is 22.7. The predicted octanol–water partition coefficient (Wildman–Crippen LogP) is 3.60. The van der Waals surface area contributed by atoms with Crippen molar-refractivity contribution >= 4 is 51.9 Å². The average molecular weight is 662 g/mol. The molecule has 0 bridgehead atoms. The largest absolute Gasteiger partial charge is 0.496 e. The van der Waals surface area contributed by atoms with E-state index in [9.17, 15) is 24.0 Å². The number of nitrogens with zero attached hydrogens (tertiary/aromatic N) is 3. The lowest BCUT2D eigenvalue weighted by atomic mass is 9.98. The van der Waals surface area contributed by atoms with Gasteiger partial charge >= 0.3 is 12.1 Å². The van der Waals surface area contributed by atoms with Gasteiger partial charge in [0.2, 0.25) is 11.8 Å². The second-order valence-corrected chi connectivity index (χ2v) is 12.4. The SMILES string of the molecule is COC(=O)c1cccc2c(CN3C(=O)C(NC(=O)C(C)N(C)C(=O)OC(C)(C)C)CN(C(=O)CCN)c4ccccc43)c(OC)ccc12. The molecule has 48 heavy (non-hydrogen) atoms. The van der Waals surface area contributed by atoms with E-state index < -0.39 is 41.6 Å². The van der Waals surface area contributed by atoms with Crippen LogP contribution >= 0.6 is 0 Å². The number of para-hydroxylation sites is 2. The first-order valence-corrected chi connectivity index (χ1v) is 15.6. The van der Waals surface area contributed by atoms with Crippen LogP contribution in [0.3, 0.4) is 0 Å². The van der Waals surface area contributed by atoms with Gasteiger partial charge in [-0.15, -0.1) is 0 Å². The number of benzene rings is 3. The van der Waals surface area contributed by atoms with Crippen molar-refractivity contribution in [1.82, 2.24) is 10.2 Å². The van der Waals surface area contributed by atoms with Gasteiger partial charge in [-0.3, -0.25) is 19.3 Å². The number of esters is 1. The molecule has 1 heterocycles. The van der Waals surface area contributed by atoms with Gasteiger partial charge in [0.25, 0.3) is 5.91 Å². The molecule has 2 unspecified atom stereocenters. The molecule has 0 saturated heterocycles. The molecule has 0 aromatic heterocycles. The zero-order valence-corrected chi connectivity index (χ0v) is 28.4. The summed E-state index contributed by atoms with van der Waals surface area (Å²) in [6.07, 6.45) is -0.700. The number of methoxy groups -OCH3 is 2. The third-order valence-electron chi connectivity index (χ3n) is 8.08. The Balaban J connectivity index is 1.81. The summed E-state index contributed by atoms with van der Waals surface area (Å²) in [5.74, 6) is -1.51. The zero-order chi connectivity index (χ0) is 35.3. The van der Waals surface area contributed by atoms with Gasteiger partial charge in [-0.25, -0.2) is 9.59 Å². The van der Waals surface area contributed by atoms with Gasteiger partial charge in [0.05, 0.1) is 44.2 Å². The number of nitrogens with one attached hydrogen (secondary N) is 1. The number of fused-ring (bicyclic) bond motifs is 2. The maximum atomic E-state index is 14.6. The van der Waals surface area contributed by atoms with Crippen molar-refractivity contribution in [3.8, 4) is 5.75 Å². The summed E-state index contributed by atoms with van der Waals surface area (Å²) in [7, 11) is 4.24. The number of ether oxygens (including phenoxy) is 3. The summed E-state index contributed by atoms with van der Waals surface area (Å²) in [5.41, 5.74) is 6.78. The topological polar surface area (TPSA) is 161 Å². The molecule has 0 saturated carbocycles. The molecular formula is C35H43N5O8. The van der Waals surface area contributed by atoms with Crippen molar-refractivity contribution in [2.45, 2.75) is 58.3 Å². The zero-order valence-electron chi connectivity index (χ0n) is 28.4. The number of amides is 4. The van der Waals surface area contributed by atoms with Crippen molar-refractivity contribution in [2.24, 2.45) is 5.73 Å². The Labute approximate surface area is 279 Å². The number of hydrogen-bond donors (Lipinski definition) is 2. The third-order valence-corrected chi connectivity index (χ3v) is 8.08. The van der Waals surface area contributed by atoms with Gasteiger partial charge in [-0.2, -0.15) is 0 Å². The van der Waals surface area contributed by atoms with Gasteiger partial charge in [-0.05, 0) is 68.8 Å². The van der Waals surface area contributed by atoms with Gasteiger partial charge in [0, 0.05) is 25.6 Å². The highest BCUT2D eigenvalue weighted by Crippen LogP contribution is 2.38. The molecule has 3 aromatic rings. The lowest BCUT2D eigenvalue weighted by Crippen LogP contribution is -2.57. The van der Waals surface area contributed by atoms with E-state index in [0.29, 0.717) is 39.0 Å². The molecule has 13 heteroatoms. The maximum Gasteiger partial charge on any atom is 0.410 e. The summed E-state index contributed by atoms with van der Waals surface area (Å²) in [6.45, 7) is 6.53. The van der Waals surface area contributed by atoms with E-state index in [4.69, 9.17) is 19.9 Å². The second kappa shape index (κ2) is 14.7. The Hall–Kier alpha value is -5.17. The Morgan fingerprint density at radius 1 is 1.00 bits per heavy atom. The molecule has 0 spiro atoms. The van der Waals surface area contributed by atoms with Crippen LogP contribution in [0.5, 0.6) is 5.75 Å². The molecule has 3 aromatic carbocycles. The van der Waals surface area contributed by atoms with E-state index in [1.165, 1.54) is 38.0 Å². The molecule has 0 radical (unpaired) electrons. The molecule has 1 aliphatic rings.